The molecule has 0 saturated carbocycles. The number of nitrogens with zero attached hydrogens (tertiary/aromatic N) is 2. The third-order valence-electron chi connectivity index (χ3n) is 4.22. The zero-order valence-electron chi connectivity index (χ0n) is 15.8. The standard InChI is InChI=1S/C22H16N2O5S/c1-15-2-10-19(11-3-15)30-22-13-5-16(14-20(22)24(28)29)4-12-21(25)17-6-8-18(9-7-17)23(26)27/h2-14H,1H3. The van der Waals surface area contributed by atoms with E-state index in [1.54, 1.807) is 12.1 Å². The van der Waals surface area contributed by atoms with Crippen molar-refractivity contribution < 1.29 is 14.6 Å². The number of nitro groups is 2. The molecule has 0 spiro atoms. The first-order valence-corrected chi connectivity index (χ1v) is 9.65. The summed E-state index contributed by atoms with van der Waals surface area (Å²) in [5.74, 6) is -0.356. The van der Waals surface area contributed by atoms with E-state index in [0.29, 0.717) is 10.5 Å². The average Bonchev–Trinajstić information content (AvgIpc) is 2.74. The highest BCUT2D eigenvalue weighted by Gasteiger charge is 2.15. The molecular weight excluding hydrogens is 404 g/mol. The number of rotatable bonds is 7. The summed E-state index contributed by atoms with van der Waals surface area (Å²) in [5, 5.41) is 22.2. The second-order valence-corrected chi connectivity index (χ2v) is 7.52. The number of non-ortho nitro benzene ring substituents is 1. The van der Waals surface area contributed by atoms with Gasteiger partial charge in [0.05, 0.1) is 14.7 Å². The van der Waals surface area contributed by atoms with Crippen molar-refractivity contribution in [2.75, 3.05) is 0 Å². The molecule has 7 nitrogen and oxygen atoms in total. The molecule has 0 amide bonds. The minimum atomic E-state index is -0.542. The van der Waals surface area contributed by atoms with Gasteiger partial charge in [0.15, 0.2) is 5.78 Å². The summed E-state index contributed by atoms with van der Waals surface area (Å²) in [5.41, 5.74) is 1.74. The lowest BCUT2D eigenvalue weighted by Crippen LogP contribution is -1.95. The minimum absolute atomic E-state index is 0.0505. The third-order valence-corrected chi connectivity index (χ3v) is 5.29. The maximum Gasteiger partial charge on any atom is 0.283 e. The molecule has 30 heavy (non-hydrogen) atoms. The van der Waals surface area contributed by atoms with Crippen molar-refractivity contribution in [1.82, 2.24) is 0 Å². The van der Waals surface area contributed by atoms with E-state index < -0.39 is 9.85 Å². The van der Waals surface area contributed by atoms with Crippen LogP contribution in [0.1, 0.15) is 21.5 Å². The zero-order valence-corrected chi connectivity index (χ0v) is 16.7. The van der Waals surface area contributed by atoms with Crippen LogP contribution in [0.15, 0.2) is 82.6 Å². The molecule has 0 N–H and O–H groups in total. The Hall–Kier alpha value is -3.78. The summed E-state index contributed by atoms with van der Waals surface area (Å²) in [6.07, 6.45) is 2.77. The van der Waals surface area contributed by atoms with Gasteiger partial charge in [-0.05, 0) is 48.9 Å². The third kappa shape index (κ3) is 5.18. The van der Waals surface area contributed by atoms with Gasteiger partial charge in [0.25, 0.3) is 11.4 Å². The van der Waals surface area contributed by atoms with Gasteiger partial charge < -0.3 is 0 Å². The predicted octanol–water partition coefficient (Wildman–Crippen LogP) is 5.86. The fraction of sp³-hybridized carbons (Fsp3) is 0.0455. The van der Waals surface area contributed by atoms with Gasteiger partial charge in [-0.25, -0.2) is 0 Å². The second kappa shape index (κ2) is 9.15. The Morgan fingerprint density at radius 1 is 0.900 bits per heavy atom. The highest BCUT2D eigenvalue weighted by atomic mass is 32.2. The van der Waals surface area contributed by atoms with Crippen molar-refractivity contribution in [2.24, 2.45) is 0 Å². The number of hydrogen-bond acceptors (Lipinski definition) is 6. The Morgan fingerprint density at radius 2 is 1.57 bits per heavy atom. The molecule has 0 aromatic heterocycles. The smallest absolute Gasteiger partial charge is 0.283 e. The Labute approximate surface area is 176 Å². The molecule has 8 heteroatoms. The molecule has 0 fully saturated rings. The minimum Gasteiger partial charge on any atom is -0.289 e. The van der Waals surface area contributed by atoms with Gasteiger partial charge >= 0.3 is 0 Å². The largest absolute Gasteiger partial charge is 0.289 e. The lowest BCUT2D eigenvalue weighted by Gasteiger charge is -2.05. The molecular formula is C22H16N2O5S. The molecule has 3 aromatic rings. The number of hydrogen-bond donors (Lipinski definition) is 0. The molecule has 0 radical (unpaired) electrons. The van der Waals surface area contributed by atoms with E-state index in [1.807, 2.05) is 31.2 Å². The Bertz CT molecular complexity index is 1140. The van der Waals surface area contributed by atoms with E-state index in [0.717, 1.165) is 10.5 Å². The number of carbonyl (C=O) groups excluding carboxylic acids is 1. The number of allylic oxidation sites excluding steroid dienone is 1. The summed E-state index contributed by atoms with van der Waals surface area (Å²) < 4.78 is 0. The molecule has 3 rings (SSSR count). The second-order valence-electron chi connectivity index (χ2n) is 6.40. The highest BCUT2D eigenvalue weighted by molar-refractivity contribution is 7.99. The maximum absolute atomic E-state index is 12.3. The number of ketones is 1. The van der Waals surface area contributed by atoms with Crippen molar-refractivity contribution in [2.45, 2.75) is 16.7 Å². The molecule has 0 saturated heterocycles. The Morgan fingerprint density at radius 3 is 2.17 bits per heavy atom. The Kier molecular flexibility index (Phi) is 6.38. The van der Waals surface area contributed by atoms with Gasteiger partial charge in [0, 0.05) is 28.7 Å². The zero-order chi connectivity index (χ0) is 21.7. The summed E-state index contributed by atoms with van der Waals surface area (Å²) in [6, 6.07) is 17.7. The quantitative estimate of drug-likeness (QED) is 0.205. The van der Waals surface area contributed by atoms with Gasteiger partial charge in [0.1, 0.15) is 0 Å². The molecule has 0 aliphatic carbocycles. The van der Waals surface area contributed by atoms with Crippen LogP contribution >= 0.6 is 11.8 Å². The SMILES string of the molecule is Cc1ccc(Sc2ccc(C=CC(=O)c3ccc([N+](=O)[O-])cc3)cc2[N+](=O)[O-])cc1. The van der Waals surface area contributed by atoms with E-state index >= 15 is 0 Å². The fourth-order valence-corrected chi connectivity index (χ4v) is 3.52. The van der Waals surface area contributed by atoms with Crippen LogP contribution in [0.3, 0.4) is 0 Å². The van der Waals surface area contributed by atoms with Crippen LogP contribution in [0.5, 0.6) is 0 Å². The normalized spacial score (nSPS) is 10.8. The summed E-state index contributed by atoms with van der Waals surface area (Å²) >= 11 is 1.30. The van der Waals surface area contributed by atoms with E-state index in [1.165, 1.54) is 54.2 Å². The summed E-state index contributed by atoms with van der Waals surface area (Å²) in [7, 11) is 0. The van der Waals surface area contributed by atoms with Crippen LogP contribution in [0, 0.1) is 27.2 Å². The lowest BCUT2D eigenvalue weighted by atomic mass is 10.1. The van der Waals surface area contributed by atoms with Crippen LogP contribution in [-0.2, 0) is 0 Å². The van der Waals surface area contributed by atoms with Crippen LogP contribution in [0.2, 0.25) is 0 Å². The van der Waals surface area contributed by atoms with Gasteiger partial charge in [-0.2, -0.15) is 0 Å². The van der Waals surface area contributed by atoms with E-state index in [2.05, 4.69) is 0 Å². The van der Waals surface area contributed by atoms with Crippen molar-refractivity contribution in [1.29, 1.82) is 0 Å². The summed E-state index contributed by atoms with van der Waals surface area (Å²) in [4.78, 5) is 34.9. The first kappa shape index (κ1) is 20.9. The van der Waals surface area contributed by atoms with E-state index in [9.17, 15) is 25.0 Å². The molecule has 150 valence electrons. The Balaban J connectivity index is 1.79. The number of benzene rings is 3. The van der Waals surface area contributed by atoms with Crippen molar-refractivity contribution >= 4 is 35.0 Å². The molecule has 0 aliphatic rings. The van der Waals surface area contributed by atoms with Crippen molar-refractivity contribution in [3.8, 4) is 0 Å². The molecule has 0 unspecified atom stereocenters. The number of nitro benzene ring substituents is 2. The predicted molar refractivity (Wildman–Crippen MR) is 115 cm³/mol. The number of carbonyl (C=O) groups is 1. The molecule has 3 aromatic carbocycles. The van der Waals surface area contributed by atoms with Gasteiger partial charge in [-0.3, -0.25) is 25.0 Å². The maximum atomic E-state index is 12.3. The van der Waals surface area contributed by atoms with Crippen LogP contribution in [0.25, 0.3) is 6.08 Å². The van der Waals surface area contributed by atoms with Gasteiger partial charge in [-0.1, -0.05) is 41.6 Å². The summed E-state index contributed by atoms with van der Waals surface area (Å²) in [6.45, 7) is 1.97. The van der Waals surface area contributed by atoms with Gasteiger partial charge in [0.2, 0.25) is 0 Å². The molecule has 0 aliphatic heterocycles. The average molecular weight is 420 g/mol. The van der Waals surface area contributed by atoms with E-state index in [4.69, 9.17) is 0 Å². The van der Waals surface area contributed by atoms with Crippen LogP contribution in [0.4, 0.5) is 11.4 Å². The van der Waals surface area contributed by atoms with Crippen LogP contribution in [-0.4, -0.2) is 15.6 Å². The molecule has 0 bridgehead atoms. The first-order chi connectivity index (χ1) is 14.3. The highest BCUT2D eigenvalue weighted by Crippen LogP contribution is 2.35. The monoisotopic (exact) mass is 420 g/mol. The number of aryl methyl sites for hydroxylation is 1. The van der Waals surface area contributed by atoms with Crippen LogP contribution < -0.4 is 0 Å². The molecule has 0 heterocycles. The molecule has 0 atom stereocenters. The first-order valence-electron chi connectivity index (χ1n) is 8.83. The fourth-order valence-electron chi connectivity index (χ4n) is 2.62. The van der Waals surface area contributed by atoms with Crippen molar-refractivity contribution in [3.05, 3.63) is 110 Å². The van der Waals surface area contributed by atoms with Crippen molar-refractivity contribution in [3.63, 3.8) is 0 Å². The van der Waals surface area contributed by atoms with Gasteiger partial charge in [-0.15, -0.1) is 0 Å². The lowest BCUT2D eigenvalue weighted by molar-refractivity contribution is -0.387. The topological polar surface area (TPSA) is 103 Å². The van der Waals surface area contributed by atoms with E-state index in [-0.39, 0.29) is 22.7 Å².